The van der Waals surface area contributed by atoms with Gasteiger partial charge in [0.2, 0.25) is 10.0 Å². The van der Waals surface area contributed by atoms with Crippen LogP contribution < -0.4 is 10.0 Å². The molecule has 1 aliphatic carbocycles. The normalized spacial score (nSPS) is 31.2. The summed E-state index contributed by atoms with van der Waals surface area (Å²) in [5.41, 5.74) is 0. The van der Waals surface area contributed by atoms with Gasteiger partial charge in [-0.25, -0.2) is 17.5 Å². The molecule has 4 nitrogen and oxygen atoms in total. The van der Waals surface area contributed by atoms with Gasteiger partial charge >= 0.3 is 0 Å². The monoisotopic (exact) mass is 256 g/mol. The van der Waals surface area contributed by atoms with Crippen LogP contribution in [0.2, 0.25) is 0 Å². The molecule has 0 spiro atoms. The van der Waals surface area contributed by atoms with Crippen LogP contribution in [0.15, 0.2) is 29.2 Å². The predicted molar refractivity (Wildman–Crippen MR) is 60.4 cm³/mol. The molecule has 17 heavy (non-hydrogen) atoms. The molecule has 1 heterocycles. The number of hydrogen-bond acceptors (Lipinski definition) is 3. The molecule has 2 N–H and O–H groups in total. The van der Waals surface area contributed by atoms with Gasteiger partial charge in [0.1, 0.15) is 10.7 Å². The Labute approximate surface area is 99.3 Å². The maximum atomic E-state index is 13.4. The van der Waals surface area contributed by atoms with Crippen molar-refractivity contribution in [1.82, 2.24) is 10.0 Å². The molecule has 0 amide bonds. The molecule has 3 rings (SSSR count). The van der Waals surface area contributed by atoms with Gasteiger partial charge in [-0.15, -0.1) is 0 Å². The topological polar surface area (TPSA) is 58.2 Å². The lowest BCUT2D eigenvalue weighted by Crippen LogP contribution is -2.33. The number of sulfonamides is 1. The zero-order chi connectivity index (χ0) is 12.0. The summed E-state index contributed by atoms with van der Waals surface area (Å²) in [5, 5.41) is 3.18. The average Bonchev–Trinajstić information content (AvgIpc) is 2.75. The molecule has 1 saturated carbocycles. The first kappa shape index (κ1) is 11.1. The minimum Gasteiger partial charge on any atom is -0.316 e. The third-order valence-electron chi connectivity index (χ3n) is 3.51. The quantitative estimate of drug-likeness (QED) is 0.819. The maximum Gasteiger partial charge on any atom is 0.243 e. The van der Waals surface area contributed by atoms with Crippen molar-refractivity contribution in [3.05, 3.63) is 30.1 Å². The molecule has 1 aliphatic heterocycles. The van der Waals surface area contributed by atoms with E-state index in [4.69, 9.17) is 0 Å². The molecule has 0 radical (unpaired) electrons. The van der Waals surface area contributed by atoms with Gasteiger partial charge in [-0.2, -0.15) is 0 Å². The Kier molecular flexibility index (Phi) is 2.46. The van der Waals surface area contributed by atoms with E-state index in [1.54, 1.807) is 0 Å². The van der Waals surface area contributed by atoms with E-state index in [-0.39, 0.29) is 10.9 Å². The van der Waals surface area contributed by atoms with E-state index in [0.717, 1.165) is 19.2 Å². The molecule has 2 aliphatic rings. The SMILES string of the molecule is O=S(=O)(NC1C2CNCC21)c1ccccc1F. The molecular formula is C11H13FN2O2S. The average molecular weight is 256 g/mol. The number of rotatable bonds is 3. The molecule has 0 bridgehead atoms. The first-order valence-electron chi connectivity index (χ1n) is 5.57. The van der Waals surface area contributed by atoms with Crippen molar-refractivity contribution < 1.29 is 12.8 Å². The second-order valence-electron chi connectivity index (χ2n) is 4.56. The number of fused-ring (bicyclic) bond motifs is 1. The van der Waals surface area contributed by atoms with Crippen LogP contribution in [0, 0.1) is 17.7 Å². The van der Waals surface area contributed by atoms with Gasteiger partial charge in [0.05, 0.1) is 0 Å². The number of halogens is 1. The summed E-state index contributed by atoms with van der Waals surface area (Å²) in [6, 6.07) is 5.41. The summed E-state index contributed by atoms with van der Waals surface area (Å²) in [4.78, 5) is -0.266. The van der Waals surface area contributed by atoms with Gasteiger partial charge in [0.25, 0.3) is 0 Å². The fraction of sp³-hybridized carbons (Fsp3) is 0.455. The van der Waals surface area contributed by atoms with Crippen molar-refractivity contribution in [2.24, 2.45) is 11.8 Å². The van der Waals surface area contributed by atoms with E-state index < -0.39 is 15.8 Å². The van der Waals surface area contributed by atoms with Gasteiger partial charge in [0, 0.05) is 6.04 Å². The molecule has 2 unspecified atom stereocenters. The zero-order valence-electron chi connectivity index (χ0n) is 9.06. The number of nitrogens with one attached hydrogen (secondary N) is 2. The fourth-order valence-electron chi connectivity index (χ4n) is 2.50. The molecule has 92 valence electrons. The van der Waals surface area contributed by atoms with Crippen LogP contribution in [0.3, 0.4) is 0 Å². The van der Waals surface area contributed by atoms with Crippen LogP contribution in [0.4, 0.5) is 4.39 Å². The molecule has 6 heteroatoms. The highest BCUT2D eigenvalue weighted by Gasteiger charge is 2.54. The first-order valence-corrected chi connectivity index (χ1v) is 7.05. The zero-order valence-corrected chi connectivity index (χ0v) is 9.87. The summed E-state index contributed by atoms with van der Waals surface area (Å²) in [6.45, 7) is 1.68. The summed E-state index contributed by atoms with van der Waals surface area (Å²) < 4.78 is 39.9. The Morgan fingerprint density at radius 1 is 1.24 bits per heavy atom. The highest BCUT2D eigenvalue weighted by atomic mass is 32.2. The second-order valence-corrected chi connectivity index (χ2v) is 6.25. The van der Waals surface area contributed by atoms with Crippen molar-refractivity contribution in [1.29, 1.82) is 0 Å². The minimum absolute atomic E-state index is 0.0270. The largest absolute Gasteiger partial charge is 0.316 e. The highest BCUT2D eigenvalue weighted by Crippen LogP contribution is 2.42. The van der Waals surface area contributed by atoms with Crippen LogP contribution in [0.5, 0.6) is 0 Å². The lowest BCUT2D eigenvalue weighted by Gasteiger charge is -2.09. The number of hydrogen-bond donors (Lipinski definition) is 2. The van der Waals surface area contributed by atoms with Crippen LogP contribution in [-0.2, 0) is 10.0 Å². The summed E-state index contributed by atoms with van der Waals surface area (Å²) in [7, 11) is -3.72. The minimum atomic E-state index is -3.72. The molecule has 1 saturated heterocycles. The smallest absolute Gasteiger partial charge is 0.243 e. The van der Waals surface area contributed by atoms with E-state index in [0.29, 0.717) is 11.8 Å². The van der Waals surface area contributed by atoms with Gasteiger partial charge < -0.3 is 5.32 Å². The summed E-state index contributed by atoms with van der Waals surface area (Å²) in [5.74, 6) is 0.0389. The molecule has 1 aromatic rings. The van der Waals surface area contributed by atoms with Gasteiger partial charge in [-0.3, -0.25) is 0 Å². The second kappa shape index (κ2) is 3.76. The fourth-order valence-corrected chi connectivity index (χ4v) is 3.92. The Morgan fingerprint density at radius 2 is 1.88 bits per heavy atom. The van der Waals surface area contributed by atoms with Crippen LogP contribution in [-0.4, -0.2) is 27.5 Å². The van der Waals surface area contributed by atoms with E-state index >= 15 is 0 Å². The molecular weight excluding hydrogens is 243 g/mol. The van der Waals surface area contributed by atoms with E-state index in [9.17, 15) is 12.8 Å². The van der Waals surface area contributed by atoms with Crippen molar-refractivity contribution in [3.8, 4) is 0 Å². The summed E-state index contributed by atoms with van der Waals surface area (Å²) in [6.07, 6.45) is 0. The van der Waals surface area contributed by atoms with E-state index in [1.165, 1.54) is 18.2 Å². The van der Waals surface area contributed by atoms with Gasteiger partial charge in [-0.1, -0.05) is 12.1 Å². The molecule has 2 atom stereocenters. The van der Waals surface area contributed by atoms with Crippen molar-refractivity contribution in [2.75, 3.05) is 13.1 Å². The molecule has 1 aromatic carbocycles. The highest BCUT2D eigenvalue weighted by molar-refractivity contribution is 7.89. The molecule has 0 aromatic heterocycles. The summed E-state index contributed by atoms with van der Waals surface area (Å²) >= 11 is 0. The Balaban J connectivity index is 1.80. The Morgan fingerprint density at radius 3 is 2.53 bits per heavy atom. The number of piperidine rings is 1. The Hall–Kier alpha value is -0.980. The van der Waals surface area contributed by atoms with E-state index in [2.05, 4.69) is 10.0 Å². The maximum absolute atomic E-state index is 13.4. The van der Waals surface area contributed by atoms with Crippen molar-refractivity contribution >= 4 is 10.0 Å². The third kappa shape index (κ3) is 1.86. The van der Waals surface area contributed by atoms with Crippen LogP contribution in [0.25, 0.3) is 0 Å². The van der Waals surface area contributed by atoms with Crippen molar-refractivity contribution in [3.63, 3.8) is 0 Å². The standard InChI is InChI=1S/C11H13FN2O2S/c12-9-3-1-2-4-10(9)17(15,16)14-11-7-5-13-6-8(7)11/h1-4,7-8,11,13-14H,5-6H2. The lowest BCUT2D eigenvalue weighted by molar-refractivity contribution is 0.547. The van der Waals surface area contributed by atoms with Crippen LogP contribution >= 0.6 is 0 Å². The Bertz CT molecular complexity index is 536. The first-order chi connectivity index (χ1) is 8.09. The third-order valence-corrected chi connectivity index (χ3v) is 5.00. The predicted octanol–water partition coefficient (Wildman–Crippen LogP) is 0.322. The molecule has 2 fully saturated rings. The van der Waals surface area contributed by atoms with E-state index in [1.807, 2.05) is 0 Å². The van der Waals surface area contributed by atoms with Crippen LogP contribution in [0.1, 0.15) is 0 Å². The lowest BCUT2D eigenvalue weighted by atomic mass is 10.4. The number of benzene rings is 1. The van der Waals surface area contributed by atoms with Gasteiger partial charge in [-0.05, 0) is 37.1 Å². The van der Waals surface area contributed by atoms with Gasteiger partial charge in [0.15, 0.2) is 0 Å². The van der Waals surface area contributed by atoms with Crippen molar-refractivity contribution in [2.45, 2.75) is 10.9 Å².